The van der Waals surface area contributed by atoms with Crippen LogP contribution < -0.4 is 25.8 Å². The van der Waals surface area contributed by atoms with E-state index in [2.05, 4.69) is 14.7 Å². The molecule has 0 bridgehead atoms. The van der Waals surface area contributed by atoms with Crippen molar-refractivity contribution in [2.24, 2.45) is 0 Å². The Hall–Kier alpha value is -6.03. The van der Waals surface area contributed by atoms with Gasteiger partial charge in [-0.3, -0.25) is 19.8 Å². The van der Waals surface area contributed by atoms with Gasteiger partial charge in [-0.25, -0.2) is 18.5 Å². The number of rotatable bonds is 9. The summed E-state index contributed by atoms with van der Waals surface area (Å²) in [7, 11) is 0. The van der Waals surface area contributed by atoms with Gasteiger partial charge in [-0.15, -0.1) is 5.10 Å². The topological polar surface area (TPSA) is 155 Å². The summed E-state index contributed by atoms with van der Waals surface area (Å²) in [5.41, 5.74) is 1.01. The normalized spacial score (nSPS) is 15.5. The van der Waals surface area contributed by atoms with Crippen LogP contribution in [0.1, 0.15) is 17.3 Å². The summed E-state index contributed by atoms with van der Waals surface area (Å²) in [6, 6.07) is 18.6. The number of aromatic carboxylic acids is 1. The Morgan fingerprint density at radius 1 is 0.882 bits per heavy atom. The lowest BCUT2D eigenvalue weighted by Crippen LogP contribution is -2.48. The Morgan fingerprint density at radius 2 is 1.53 bits per heavy atom. The standard InChI is InChI=1S/C35H36FN9O6/c1-2-39-22-28(33(47)48)32(46)27-20-29(36)31(21-30(27)39)41-14-12-38(13-15-41)23-43-35(49)44(25-6-4-3-5-7-25)34(37-43)42-18-16-40(17-19-42)24-8-10-26(11-9-24)45(50)51/h3-11,20-22H,2,12-19,23H2,1H3,(H,47,48). The van der Waals surface area contributed by atoms with Gasteiger partial charge in [0.1, 0.15) is 11.4 Å². The van der Waals surface area contributed by atoms with E-state index >= 15 is 4.39 Å². The molecule has 0 radical (unpaired) electrons. The van der Waals surface area contributed by atoms with Crippen molar-refractivity contribution < 1.29 is 19.2 Å². The summed E-state index contributed by atoms with van der Waals surface area (Å²) in [5.74, 6) is -1.43. The molecule has 15 nitrogen and oxygen atoms in total. The summed E-state index contributed by atoms with van der Waals surface area (Å²) in [6.45, 7) is 6.84. The predicted molar refractivity (Wildman–Crippen MR) is 190 cm³/mol. The summed E-state index contributed by atoms with van der Waals surface area (Å²) >= 11 is 0. The summed E-state index contributed by atoms with van der Waals surface area (Å²) in [6.07, 6.45) is 1.30. The molecule has 7 rings (SSSR count). The van der Waals surface area contributed by atoms with Crippen LogP contribution >= 0.6 is 0 Å². The fourth-order valence-electron chi connectivity index (χ4n) is 6.82. The van der Waals surface area contributed by atoms with Crippen LogP contribution in [0.4, 0.5) is 27.4 Å². The van der Waals surface area contributed by atoms with Crippen molar-refractivity contribution in [2.45, 2.75) is 20.1 Å². The van der Waals surface area contributed by atoms with Crippen LogP contribution in [0.15, 0.2) is 82.5 Å². The molecule has 16 heteroatoms. The number of benzene rings is 3. The van der Waals surface area contributed by atoms with Crippen LogP contribution in [0.2, 0.25) is 0 Å². The van der Waals surface area contributed by atoms with E-state index in [-0.39, 0.29) is 23.4 Å². The summed E-state index contributed by atoms with van der Waals surface area (Å²) in [5, 5.41) is 25.4. The van der Waals surface area contributed by atoms with E-state index in [1.54, 1.807) is 27.3 Å². The Balaban J connectivity index is 1.08. The molecule has 3 aromatic carbocycles. The number of carbonyl (C=O) groups is 1. The number of para-hydroxylation sites is 1. The molecule has 2 aliphatic rings. The average Bonchev–Trinajstić information content (AvgIpc) is 3.47. The van der Waals surface area contributed by atoms with Crippen molar-refractivity contribution in [3.63, 3.8) is 0 Å². The SMILES string of the molecule is CCn1cc(C(=O)O)c(=O)c2cc(F)c(N3CCN(Cn4nc(N5CCN(c6ccc([N+](=O)[O-])cc6)CC5)n(-c5ccccc5)c4=O)CC3)cc21. The molecule has 0 amide bonds. The second-order valence-corrected chi connectivity index (χ2v) is 12.5. The minimum absolute atomic E-state index is 0.0218. The molecule has 2 aliphatic heterocycles. The Labute approximate surface area is 290 Å². The number of piperazine rings is 2. The lowest BCUT2D eigenvalue weighted by molar-refractivity contribution is -0.384. The number of carboxylic acids is 1. The molecule has 2 aromatic heterocycles. The van der Waals surface area contributed by atoms with Crippen molar-refractivity contribution in [2.75, 3.05) is 67.1 Å². The zero-order chi connectivity index (χ0) is 35.8. The van der Waals surface area contributed by atoms with Crippen molar-refractivity contribution >= 4 is 39.9 Å². The number of hydrogen-bond donors (Lipinski definition) is 1. The minimum Gasteiger partial charge on any atom is -0.477 e. The number of anilines is 3. The van der Waals surface area contributed by atoms with Crippen molar-refractivity contribution in [1.29, 1.82) is 0 Å². The Bertz CT molecular complexity index is 2220. The van der Waals surface area contributed by atoms with Crippen molar-refractivity contribution in [3.05, 3.63) is 115 Å². The number of non-ortho nitro benzene ring substituents is 1. The van der Waals surface area contributed by atoms with E-state index in [9.17, 15) is 29.6 Å². The van der Waals surface area contributed by atoms with Gasteiger partial charge in [0.2, 0.25) is 11.4 Å². The molecule has 5 aromatic rings. The molecule has 0 spiro atoms. The monoisotopic (exact) mass is 697 g/mol. The third-order valence-corrected chi connectivity index (χ3v) is 9.59. The zero-order valence-electron chi connectivity index (χ0n) is 27.9. The number of fused-ring (bicyclic) bond motifs is 1. The highest BCUT2D eigenvalue weighted by atomic mass is 19.1. The molecule has 0 saturated carbocycles. The van der Waals surface area contributed by atoms with Gasteiger partial charge < -0.3 is 24.4 Å². The molecule has 0 unspecified atom stereocenters. The number of aryl methyl sites for hydroxylation is 1. The third-order valence-electron chi connectivity index (χ3n) is 9.59. The van der Waals surface area contributed by atoms with Gasteiger partial charge in [0.25, 0.3) is 5.69 Å². The van der Waals surface area contributed by atoms with Crippen LogP contribution in [0.5, 0.6) is 0 Å². The van der Waals surface area contributed by atoms with E-state index in [0.717, 1.165) is 11.8 Å². The fourth-order valence-corrected chi connectivity index (χ4v) is 6.82. The largest absolute Gasteiger partial charge is 0.477 e. The molecule has 51 heavy (non-hydrogen) atoms. The predicted octanol–water partition coefficient (Wildman–Crippen LogP) is 3.22. The van der Waals surface area contributed by atoms with Crippen molar-refractivity contribution in [1.82, 2.24) is 23.8 Å². The third kappa shape index (κ3) is 6.40. The molecular weight excluding hydrogens is 661 g/mol. The maximum absolute atomic E-state index is 15.5. The maximum Gasteiger partial charge on any atom is 0.353 e. The average molecular weight is 698 g/mol. The van der Waals surface area contributed by atoms with E-state index in [4.69, 9.17) is 5.10 Å². The second kappa shape index (κ2) is 13.7. The first-order valence-corrected chi connectivity index (χ1v) is 16.7. The number of nitro groups is 1. The van der Waals surface area contributed by atoms with E-state index in [0.29, 0.717) is 81.7 Å². The first-order valence-electron chi connectivity index (χ1n) is 16.7. The molecular formula is C35H36FN9O6. The van der Waals surface area contributed by atoms with Crippen LogP contribution in [-0.4, -0.2) is 92.2 Å². The lowest BCUT2D eigenvalue weighted by Gasteiger charge is -2.36. The Kier molecular flexibility index (Phi) is 8.99. The van der Waals surface area contributed by atoms with Gasteiger partial charge in [0, 0.05) is 88.3 Å². The van der Waals surface area contributed by atoms with Gasteiger partial charge >= 0.3 is 11.7 Å². The molecule has 2 fully saturated rings. The van der Waals surface area contributed by atoms with Crippen LogP contribution in [0.25, 0.3) is 16.6 Å². The molecule has 2 saturated heterocycles. The van der Waals surface area contributed by atoms with Crippen LogP contribution in [0, 0.1) is 15.9 Å². The highest BCUT2D eigenvalue weighted by molar-refractivity contribution is 5.93. The smallest absolute Gasteiger partial charge is 0.353 e. The van der Waals surface area contributed by atoms with Gasteiger partial charge in [-0.05, 0) is 43.3 Å². The number of halogens is 1. The molecule has 4 heterocycles. The van der Waals surface area contributed by atoms with E-state index < -0.39 is 27.7 Å². The highest BCUT2D eigenvalue weighted by Crippen LogP contribution is 2.27. The minimum atomic E-state index is -1.35. The number of carboxylic acid groups (broad SMARTS) is 1. The summed E-state index contributed by atoms with van der Waals surface area (Å²) in [4.78, 5) is 57.2. The highest BCUT2D eigenvalue weighted by Gasteiger charge is 2.27. The number of pyridine rings is 1. The molecule has 264 valence electrons. The van der Waals surface area contributed by atoms with Crippen molar-refractivity contribution in [3.8, 4) is 5.69 Å². The maximum atomic E-state index is 15.5. The van der Waals surface area contributed by atoms with Gasteiger partial charge in [0.15, 0.2) is 0 Å². The van der Waals surface area contributed by atoms with Crippen LogP contribution in [-0.2, 0) is 13.2 Å². The fraction of sp³-hybridized carbons (Fsp3) is 0.314. The molecule has 1 N–H and O–H groups in total. The number of aromatic nitrogens is 4. The first-order chi connectivity index (χ1) is 24.6. The summed E-state index contributed by atoms with van der Waals surface area (Å²) < 4.78 is 20.2. The zero-order valence-corrected chi connectivity index (χ0v) is 27.9. The first kappa shape index (κ1) is 33.5. The Morgan fingerprint density at radius 3 is 2.16 bits per heavy atom. The van der Waals surface area contributed by atoms with E-state index in [1.807, 2.05) is 42.2 Å². The lowest BCUT2D eigenvalue weighted by atomic mass is 10.1. The van der Waals surface area contributed by atoms with Gasteiger partial charge in [-0.1, -0.05) is 18.2 Å². The number of hydrogen-bond acceptors (Lipinski definition) is 10. The quantitative estimate of drug-likeness (QED) is 0.178. The number of nitrogens with zero attached hydrogens (tertiary/aromatic N) is 9. The van der Waals surface area contributed by atoms with Gasteiger partial charge in [0.05, 0.1) is 28.5 Å². The molecule has 0 aliphatic carbocycles. The van der Waals surface area contributed by atoms with Crippen LogP contribution in [0.3, 0.4) is 0 Å². The second-order valence-electron chi connectivity index (χ2n) is 12.5. The number of nitro benzene ring substituents is 1. The van der Waals surface area contributed by atoms with Gasteiger partial charge in [-0.2, -0.15) is 4.68 Å². The van der Waals surface area contributed by atoms with E-state index in [1.165, 1.54) is 23.0 Å². The molecule has 0 atom stereocenters.